The number of ketones is 1. The van der Waals surface area contributed by atoms with Crippen molar-refractivity contribution in [3.63, 3.8) is 0 Å². The van der Waals surface area contributed by atoms with Gasteiger partial charge in [-0.15, -0.1) is 0 Å². The van der Waals surface area contributed by atoms with Gasteiger partial charge in [0.15, 0.2) is 0 Å². The van der Waals surface area contributed by atoms with Crippen molar-refractivity contribution < 1.29 is 19.8 Å². The monoisotopic (exact) mass is 201 g/mol. The molecule has 0 radical (unpaired) electrons. The minimum Gasteiger partial charge on any atom is -0.550 e. The van der Waals surface area contributed by atoms with Crippen LogP contribution in [0.1, 0.15) is 40.0 Å². The summed E-state index contributed by atoms with van der Waals surface area (Å²) in [5.74, 6) is -1.24. The SMILES string of the molecule is CC(C)CC(=O)C[C@@](C)(O)CC(=O)[O-]. The van der Waals surface area contributed by atoms with Crippen LogP contribution >= 0.6 is 0 Å². The highest BCUT2D eigenvalue weighted by Gasteiger charge is 2.24. The number of carbonyl (C=O) groups is 2. The fourth-order valence-electron chi connectivity index (χ4n) is 1.33. The first-order valence-corrected chi connectivity index (χ1v) is 4.67. The topological polar surface area (TPSA) is 77.4 Å². The number of hydrogen-bond donors (Lipinski definition) is 1. The Kier molecular flexibility index (Phi) is 4.77. The van der Waals surface area contributed by atoms with Gasteiger partial charge < -0.3 is 15.0 Å². The van der Waals surface area contributed by atoms with E-state index in [4.69, 9.17) is 0 Å². The third-order valence-corrected chi connectivity index (χ3v) is 1.74. The molecule has 0 aliphatic carbocycles. The lowest BCUT2D eigenvalue weighted by atomic mass is 9.92. The molecule has 4 nitrogen and oxygen atoms in total. The molecule has 0 aliphatic heterocycles. The maximum Gasteiger partial charge on any atom is 0.136 e. The molecule has 0 heterocycles. The Morgan fingerprint density at radius 1 is 1.36 bits per heavy atom. The van der Waals surface area contributed by atoms with Gasteiger partial charge in [-0.2, -0.15) is 0 Å². The van der Waals surface area contributed by atoms with Crippen LogP contribution in [-0.2, 0) is 9.59 Å². The van der Waals surface area contributed by atoms with Crippen LogP contribution in [0.4, 0.5) is 0 Å². The van der Waals surface area contributed by atoms with E-state index in [1.54, 1.807) is 0 Å². The highest BCUT2D eigenvalue weighted by Crippen LogP contribution is 2.16. The molecule has 0 aromatic rings. The van der Waals surface area contributed by atoms with Crippen LogP contribution in [0.3, 0.4) is 0 Å². The van der Waals surface area contributed by atoms with E-state index in [1.165, 1.54) is 6.92 Å². The summed E-state index contributed by atoms with van der Waals surface area (Å²) >= 11 is 0. The van der Waals surface area contributed by atoms with E-state index in [1.807, 2.05) is 13.8 Å². The van der Waals surface area contributed by atoms with Crippen molar-refractivity contribution in [2.75, 3.05) is 0 Å². The van der Waals surface area contributed by atoms with E-state index in [0.29, 0.717) is 6.42 Å². The summed E-state index contributed by atoms with van der Waals surface area (Å²) < 4.78 is 0. The van der Waals surface area contributed by atoms with E-state index in [0.717, 1.165) is 0 Å². The molecule has 4 heteroatoms. The van der Waals surface area contributed by atoms with Gasteiger partial charge in [0, 0.05) is 25.2 Å². The van der Waals surface area contributed by atoms with Crippen molar-refractivity contribution in [2.45, 2.75) is 45.6 Å². The molecule has 0 aromatic heterocycles. The fraction of sp³-hybridized carbons (Fsp3) is 0.800. The van der Waals surface area contributed by atoms with Crippen LogP contribution in [-0.4, -0.2) is 22.5 Å². The largest absolute Gasteiger partial charge is 0.550 e. The minimum absolute atomic E-state index is 0.119. The highest BCUT2D eigenvalue weighted by atomic mass is 16.4. The van der Waals surface area contributed by atoms with Gasteiger partial charge in [0.25, 0.3) is 0 Å². The summed E-state index contributed by atoms with van der Waals surface area (Å²) in [5, 5.41) is 19.8. The predicted octanol–water partition coefficient (Wildman–Crippen LogP) is -0.117. The molecule has 1 N–H and O–H groups in total. The number of carbonyl (C=O) groups excluding carboxylic acids is 2. The molecule has 0 bridgehead atoms. The van der Waals surface area contributed by atoms with Crippen LogP contribution in [0.25, 0.3) is 0 Å². The van der Waals surface area contributed by atoms with Crippen LogP contribution in [0.15, 0.2) is 0 Å². The quantitative estimate of drug-likeness (QED) is 0.650. The van der Waals surface area contributed by atoms with Gasteiger partial charge in [-0.05, 0) is 12.8 Å². The molecule has 0 aliphatic rings. The average Bonchev–Trinajstić information content (AvgIpc) is 1.77. The number of carboxylic acid groups (broad SMARTS) is 1. The molecule has 0 saturated carbocycles. The lowest BCUT2D eigenvalue weighted by molar-refractivity contribution is -0.309. The minimum atomic E-state index is -1.48. The van der Waals surface area contributed by atoms with Gasteiger partial charge in [-0.1, -0.05) is 13.8 Å². The summed E-state index contributed by atoms with van der Waals surface area (Å²) in [4.78, 5) is 21.5. The average molecular weight is 201 g/mol. The number of aliphatic carboxylic acids is 1. The summed E-state index contributed by atoms with van der Waals surface area (Å²) in [6.45, 7) is 5.12. The first-order chi connectivity index (χ1) is 6.23. The zero-order valence-corrected chi connectivity index (χ0v) is 8.87. The molecule has 14 heavy (non-hydrogen) atoms. The molecule has 82 valence electrons. The second-order valence-corrected chi connectivity index (χ2v) is 4.36. The summed E-state index contributed by atoms with van der Waals surface area (Å²) in [6, 6.07) is 0. The highest BCUT2D eigenvalue weighted by molar-refractivity contribution is 5.80. The number of rotatable bonds is 6. The van der Waals surface area contributed by atoms with E-state index in [2.05, 4.69) is 0 Å². The third-order valence-electron chi connectivity index (χ3n) is 1.74. The predicted molar refractivity (Wildman–Crippen MR) is 49.3 cm³/mol. The summed E-state index contributed by atoms with van der Waals surface area (Å²) in [6.07, 6.45) is -0.265. The Morgan fingerprint density at radius 2 is 1.86 bits per heavy atom. The molecule has 1 atom stereocenters. The van der Waals surface area contributed by atoms with Crippen molar-refractivity contribution in [1.82, 2.24) is 0 Å². The van der Waals surface area contributed by atoms with Gasteiger partial charge in [0.1, 0.15) is 5.78 Å². The number of Topliss-reactive ketones (excluding diaryl/α,β-unsaturated/α-hetero) is 1. The van der Waals surface area contributed by atoms with Crippen molar-refractivity contribution in [2.24, 2.45) is 5.92 Å². The van der Waals surface area contributed by atoms with Gasteiger partial charge in [-0.3, -0.25) is 4.79 Å². The van der Waals surface area contributed by atoms with Gasteiger partial charge >= 0.3 is 0 Å². The molecule has 0 fully saturated rings. The fourth-order valence-corrected chi connectivity index (χ4v) is 1.33. The maximum absolute atomic E-state index is 11.3. The lowest BCUT2D eigenvalue weighted by Gasteiger charge is -2.23. The Hall–Kier alpha value is -0.900. The number of aliphatic hydroxyl groups is 1. The zero-order chi connectivity index (χ0) is 11.4. The molecule has 0 amide bonds. The van der Waals surface area contributed by atoms with Gasteiger partial charge in [0.05, 0.1) is 5.60 Å². The van der Waals surface area contributed by atoms with E-state index in [-0.39, 0.29) is 18.1 Å². The summed E-state index contributed by atoms with van der Waals surface area (Å²) in [5.41, 5.74) is -1.48. The molecular weight excluding hydrogens is 184 g/mol. The Labute approximate surface area is 83.9 Å². The van der Waals surface area contributed by atoms with E-state index in [9.17, 15) is 19.8 Å². The first kappa shape index (κ1) is 13.1. The lowest BCUT2D eigenvalue weighted by Crippen LogP contribution is -2.37. The third kappa shape index (κ3) is 6.60. The Bertz CT molecular complexity index is 218. The molecule has 0 saturated heterocycles. The Morgan fingerprint density at radius 3 is 2.21 bits per heavy atom. The Balaban J connectivity index is 4.08. The van der Waals surface area contributed by atoms with Crippen LogP contribution in [0.2, 0.25) is 0 Å². The van der Waals surface area contributed by atoms with Crippen LogP contribution in [0.5, 0.6) is 0 Å². The number of hydrogen-bond acceptors (Lipinski definition) is 4. The number of carboxylic acids is 1. The van der Waals surface area contributed by atoms with Gasteiger partial charge in [0.2, 0.25) is 0 Å². The van der Waals surface area contributed by atoms with E-state index < -0.39 is 18.0 Å². The van der Waals surface area contributed by atoms with Crippen LogP contribution in [0, 0.1) is 5.92 Å². The maximum atomic E-state index is 11.3. The zero-order valence-electron chi connectivity index (χ0n) is 8.87. The molecule has 0 aromatic carbocycles. The molecule has 0 unspecified atom stereocenters. The summed E-state index contributed by atoms with van der Waals surface area (Å²) in [7, 11) is 0. The standard InChI is InChI=1S/C10H18O4/c1-7(2)4-8(11)5-10(3,14)6-9(12)13/h7,14H,4-6H2,1-3H3,(H,12,13)/p-1/t10-/m1/s1. The van der Waals surface area contributed by atoms with Crippen molar-refractivity contribution in [1.29, 1.82) is 0 Å². The molecule has 0 spiro atoms. The molecular formula is C10H17O4-. The second-order valence-electron chi connectivity index (χ2n) is 4.36. The van der Waals surface area contributed by atoms with Crippen molar-refractivity contribution >= 4 is 11.8 Å². The normalized spacial score (nSPS) is 15.2. The van der Waals surface area contributed by atoms with Crippen molar-refractivity contribution in [3.05, 3.63) is 0 Å². The van der Waals surface area contributed by atoms with Gasteiger partial charge in [-0.25, -0.2) is 0 Å². The van der Waals surface area contributed by atoms with Crippen molar-refractivity contribution in [3.8, 4) is 0 Å². The first-order valence-electron chi connectivity index (χ1n) is 4.67. The van der Waals surface area contributed by atoms with Crippen LogP contribution < -0.4 is 5.11 Å². The van der Waals surface area contributed by atoms with E-state index >= 15 is 0 Å². The smallest absolute Gasteiger partial charge is 0.136 e. The molecule has 0 rings (SSSR count). The second kappa shape index (κ2) is 5.10.